The van der Waals surface area contributed by atoms with Crippen LogP contribution in [0.25, 0.3) is 0 Å². The van der Waals surface area contributed by atoms with Crippen molar-refractivity contribution in [1.82, 2.24) is 15.2 Å². The minimum absolute atomic E-state index is 0.0178. The van der Waals surface area contributed by atoms with Crippen LogP contribution in [0.5, 0.6) is 5.75 Å². The third-order valence-corrected chi connectivity index (χ3v) is 5.99. The predicted molar refractivity (Wildman–Crippen MR) is 105 cm³/mol. The Hall–Kier alpha value is -2.48. The van der Waals surface area contributed by atoms with Crippen LogP contribution in [0, 0.1) is 11.3 Å². The van der Waals surface area contributed by atoms with Crippen LogP contribution in [0.4, 0.5) is 0 Å². The van der Waals surface area contributed by atoms with E-state index in [2.05, 4.69) is 17.2 Å². The molecule has 0 radical (unpaired) electrons. The maximum atomic E-state index is 13.0. The molecule has 158 valence electrons. The first-order valence-electron chi connectivity index (χ1n) is 10.2. The van der Waals surface area contributed by atoms with Crippen LogP contribution >= 0.6 is 0 Å². The molecule has 0 unspecified atom stereocenters. The van der Waals surface area contributed by atoms with Crippen molar-refractivity contribution in [3.8, 4) is 5.75 Å². The number of hydrogen-bond donors (Lipinski definition) is 2. The number of rotatable bonds is 7. The lowest BCUT2D eigenvalue weighted by molar-refractivity contribution is -0.146. The quantitative estimate of drug-likeness (QED) is 0.720. The van der Waals surface area contributed by atoms with Gasteiger partial charge in [-0.1, -0.05) is 6.92 Å². The van der Waals surface area contributed by atoms with Crippen molar-refractivity contribution in [1.29, 1.82) is 0 Å². The Labute approximate surface area is 170 Å². The summed E-state index contributed by atoms with van der Waals surface area (Å²) in [5, 5.41) is 12.1. The number of carbonyl (C=O) groups is 3. The van der Waals surface area contributed by atoms with Gasteiger partial charge in [-0.25, -0.2) is 4.98 Å². The van der Waals surface area contributed by atoms with Crippen molar-refractivity contribution in [2.45, 2.75) is 52.2 Å². The number of hydrogen-bond acceptors (Lipinski definition) is 6. The van der Waals surface area contributed by atoms with Crippen LogP contribution in [0.2, 0.25) is 0 Å². The molecule has 1 aromatic rings. The highest BCUT2D eigenvalue weighted by atomic mass is 16.5. The van der Waals surface area contributed by atoms with Gasteiger partial charge in [-0.15, -0.1) is 0 Å². The van der Waals surface area contributed by atoms with E-state index in [1.54, 1.807) is 4.90 Å². The highest BCUT2D eigenvalue weighted by Gasteiger charge is 2.41. The molecule has 2 N–H and O–H groups in total. The second kappa shape index (κ2) is 8.90. The molecule has 2 heterocycles. The number of ketones is 1. The Kier molecular flexibility index (Phi) is 6.52. The van der Waals surface area contributed by atoms with Crippen LogP contribution in [-0.2, 0) is 14.3 Å². The minimum atomic E-state index is -0.427. The molecule has 1 aromatic heterocycles. The molecule has 8 nitrogen and oxygen atoms in total. The van der Waals surface area contributed by atoms with E-state index in [9.17, 15) is 19.5 Å². The van der Waals surface area contributed by atoms with E-state index in [-0.39, 0.29) is 53.4 Å². The lowest BCUT2D eigenvalue weighted by atomic mass is 9.84. The molecular formula is C21H29N3O5. The van der Waals surface area contributed by atoms with Crippen molar-refractivity contribution in [3.63, 3.8) is 0 Å². The molecule has 1 saturated heterocycles. The SMILES string of the molecule is CCN(C(=O)[C@H]1CC[C@](C)(CCNC(=O)c2ccc(O)cn2)C1)[C@@H]1CC(=O)CO1. The van der Waals surface area contributed by atoms with Gasteiger partial charge in [0, 0.05) is 19.0 Å². The summed E-state index contributed by atoms with van der Waals surface area (Å²) < 4.78 is 5.48. The third-order valence-electron chi connectivity index (χ3n) is 5.99. The molecule has 29 heavy (non-hydrogen) atoms. The molecule has 0 spiro atoms. The van der Waals surface area contributed by atoms with Crippen molar-refractivity contribution >= 4 is 17.6 Å². The van der Waals surface area contributed by atoms with Crippen LogP contribution in [-0.4, -0.2) is 58.5 Å². The Balaban J connectivity index is 1.49. The number of ether oxygens (including phenoxy) is 1. The smallest absolute Gasteiger partial charge is 0.269 e. The van der Waals surface area contributed by atoms with Crippen LogP contribution in [0.1, 0.15) is 56.4 Å². The first-order chi connectivity index (χ1) is 13.8. The first-order valence-corrected chi connectivity index (χ1v) is 10.2. The van der Waals surface area contributed by atoms with Crippen molar-refractivity contribution in [2.75, 3.05) is 19.7 Å². The number of Topliss-reactive ketones (excluding diaryl/α,β-unsaturated/α-hetero) is 1. The summed E-state index contributed by atoms with van der Waals surface area (Å²) in [6.07, 6.45) is 4.34. The number of nitrogens with zero attached hydrogens (tertiary/aromatic N) is 2. The molecule has 8 heteroatoms. The predicted octanol–water partition coefficient (Wildman–Crippen LogP) is 1.88. The zero-order chi connectivity index (χ0) is 21.0. The highest BCUT2D eigenvalue weighted by molar-refractivity contribution is 5.92. The summed E-state index contributed by atoms with van der Waals surface area (Å²) >= 11 is 0. The van der Waals surface area contributed by atoms with E-state index in [1.807, 2.05) is 6.92 Å². The summed E-state index contributed by atoms with van der Waals surface area (Å²) in [5.74, 6) is -0.234. The molecular weight excluding hydrogens is 374 g/mol. The lowest BCUT2D eigenvalue weighted by Crippen LogP contribution is -2.43. The van der Waals surface area contributed by atoms with Crippen molar-refractivity contribution in [3.05, 3.63) is 24.0 Å². The Morgan fingerprint density at radius 3 is 2.83 bits per heavy atom. The number of aromatic hydroxyl groups is 1. The van der Waals surface area contributed by atoms with Crippen molar-refractivity contribution < 1.29 is 24.2 Å². The van der Waals surface area contributed by atoms with Gasteiger partial charge in [0.1, 0.15) is 24.3 Å². The van der Waals surface area contributed by atoms with E-state index >= 15 is 0 Å². The molecule has 2 aliphatic rings. The van der Waals surface area contributed by atoms with Gasteiger partial charge < -0.3 is 20.1 Å². The standard InChI is InChI=1S/C21H29N3O5/c1-3-24(18-10-16(26)13-29-18)20(28)14-6-7-21(2,11-14)8-9-22-19(27)17-5-4-15(25)12-23-17/h4-5,12,14,18,25H,3,6-11,13H2,1-2H3,(H,22,27)/t14-,18-,21+/m0/s1. The Bertz CT molecular complexity index is 766. The number of nitrogens with one attached hydrogen (secondary N) is 1. The second-order valence-electron chi connectivity index (χ2n) is 8.29. The molecule has 0 bridgehead atoms. The highest BCUT2D eigenvalue weighted by Crippen LogP contribution is 2.44. The second-order valence-corrected chi connectivity index (χ2v) is 8.29. The maximum absolute atomic E-state index is 13.0. The van der Waals surface area contributed by atoms with E-state index in [1.165, 1.54) is 18.3 Å². The Morgan fingerprint density at radius 2 is 2.21 bits per heavy atom. The monoisotopic (exact) mass is 403 g/mol. The van der Waals surface area contributed by atoms with E-state index in [0.29, 0.717) is 13.1 Å². The normalized spacial score (nSPS) is 26.5. The molecule has 1 aliphatic carbocycles. The van der Waals surface area contributed by atoms with E-state index < -0.39 is 6.23 Å². The van der Waals surface area contributed by atoms with Gasteiger partial charge in [-0.3, -0.25) is 14.4 Å². The fourth-order valence-corrected chi connectivity index (χ4v) is 4.29. The zero-order valence-corrected chi connectivity index (χ0v) is 17.0. The lowest BCUT2D eigenvalue weighted by Gasteiger charge is -2.30. The fourth-order valence-electron chi connectivity index (χ4n) is 4.29. The van der Waals surface area contributed by atoms with Gasteiger partial charge in [-0.2, -0.15) is 0 Å². The van der Waals surface area contributed by atoms with Crippen molar-refractivity contribution in [2.24, 2.45) is 11.3 Å². The average molecular weight is 403 g/mol. The van der Waals surface area contributed by atoms with Gasteiger partial charge in [-0.05, 0) is 50.2 Å². The van der Waals surface area contributed by atoms with Crippen LogP contribution < -0.4 is 5.32 Å². The molecule has 1 aliphatic heterocycles. The third kappa shape index (κ3) is 5.12. The van der Waals surface area contributed by atoms with Gasteiger partial charge in [0.25, 0.3) is 5.91 Å². The molecule has 1 saturated carbocycles. The average Bonchev–Trinajstić information content (AvgIpc) is 3.29. The summed E-state index contributed by atoms with van der Waals surface area (Å²) in [6, 6.07) is 2.91. The molecule has 3 rings (SSSR count). The van der Waals surface area contributed by atoms with Gasteiger partial charge in [0.05, 0.1) is 12.6 Å². The van der Waals surface area contributed by atoms with Gasteiger partial charge in [0.2, 0.25) is 5.91 Å². The minimum Gasteiger partial charge on any atom is -0.506 e. The van der Waals surface area contributed by atoms with E-state index in [4.69, 9.17) is 4.74 Å². The van der Waals surface area contributed by atoms with Gasteiger partial charge >= 0.3 is 0 Å². The molecule has 0 aromatic carbocycles. The topological polar surface area (TPSA) is 109 Å². The maximum Gasteiger partial charge on any atom is 0.269 e. The fraction of sp³-hybridized carbons (Fsp3) is 0.619. The summed E-state index contributed by atoms with van der Waals surface area (Å²) in [6.45, 7) is 5.17. The van der Waals surface area contributed by atoms with Crippen LogP contribution in [0.3, 0.4) is 0 Å². The zero-order valence-electron chi connectivity index (χ0n) is 17.0. The number of pyridine rings is 1. The summed E-state index contributed by atoms with van der Waals surface area (Å²) in [7, 11) is 0. The van der Waals surface area contributed by atoms with Gasteiger partial charge in [0.15, 0.2) is 5.78 Å². The largest absolute Gasteiger partial charge is 0.506 e. The molecule has 2 fully saturated rings. The summed E-state index contributed by atoms with van der Waals surface area (Å²) in [4.78, 5) is 42.2. The molecule has 3 atom stereocenters. The number of amides is 2. The first kappa shape index (κ1) is 21.2. The van der Waals surface area contributed by atoms with E-state index in [0.717, 1.165) is 25.7 Å². The Morgan fingerprint density at radius 1 is 1.41 bits per heavy atom. The summed E-state index contributed by atoms with van der Waals surface area (Å²) in [5.41, 5.74) is 0.235. The molecule has 2 amide bonds. The number of aromatic nitrogens is 1. The number of carbonyl (C=O) groups excluding carboxylic acids is 3. The van der Waals surface area contributed by atoms with Crippen LogP contribution in [0.15, 0.2) is 18.3 Å².